The van der Waals surface area contributed by atoms with Gasteiger partial charge < -0.3 is 25.1 Å². The molecule has 3 aliphatic rings. The van der Waals surface area contributed by atoms with Crippen molar-refractivity contribution in [2.24, 2.45) is 5.92 Å². The van der Waals surface area contributed by atoms with E-state index in [1.807, 2.05) is 35.3 Å². The van der Waals surface area contributed by atoms with Gasteiger partial charge in [-0.1, -0.05) is 18.2 Å². The Morgan fingerprint density at radius 1 is 1.17 bits per heavy atom. The molecule has 2 saturated heterocycles. The number of thioether (sulfide) groups is 1. The molecule has 2 fully saturated rings. The highest BCUT2D eigenvalue weighted by Gasteiger charge is 2.44. The molecule has 5 rings (SSSR count). The highest BCUT2D eigenvalue weighted by molar-refractivity contribution is 8.00. The van der Waals surface area contributed by atoms with Crippen molar-refractivity contribution in [3.05, 3.63) is 65.8 Å². The second kappa shape index (κ2) is 10.0. The van der Waals surface area contributed by atoms with Crippen LogP contribution in [-0.4, -0.2) is 48.5 Å². The maximum Gasteiger partial charge on any atom is 0.338 e. The lowest BCUT2D eigenvalue weighted by molar-refractivity contribution is -0.139. The first-order chi connectivity index (χ1) is 17.0. The van der Waals surface area contributed by atoms with Gasteiger partial charge in [0.1, 0.15) is 23.5 Å². The smallest absolute Gasteiger partial charge is 0.338 e. The fraction of sp³-hybridized carbons (Fsp3) is 0.348. The summed E-state index contributed by atoms with van der Waals surface area (Å²) in [6, 6.07) is 11.9. The van der Waals surface area contributed by atoms with E-state index in [0.717, 1.165) is 5.69 Å². The van der Waals surface area contributed by atoms with Gasteiger partial charge in [0.05, 0.1) is 30.0 Å². The Bertz CT molecular complexity index is 1120. The van der Waals surface area contributed by atoms with Gasteiger partial charge in [-0.15, -0.1) is 11.8 Å². The van der Waals surface area contributed by atoms with Gasteiger partial charge in [-0.3, -0.25) is 15.1 Å². The van der Waals surface area contributed by atoms with Crippen LogP contribution in [0.3, 0.4) is 0 Å². The summed E-state index contributed by atoms with van der Waals surface area (Å²) in [5.41, 5.74) is 4.46. The lowest BCUT2D eigenvalue weighted by Crippen LogP contribution is -2.63. The maximum absolute atomic E-state index is 12.9. The number of nitrogens with zero attached hydrogens (tertiary/aromatic N) is 1. The second-order valence-corrected chi connectivity index (χ2v) is 9.24. The SMILES string of the molecule is CCOC(=O)C1=C(CSC2NC(=O)C3CNN(c4ccccc4)C3N2)NC(=O)NC1c1ccco1. The summed E-state index contributed by atoms with van der Waals surface area (Å²) < 4.78 is 10.7. The predicted octanol–water partition coefficient (Wildman–Crippen LogP) is 1.15. The summed E-state index contributed by atoms with van der Waals surface area (Å²) in [6.45, 7) is 2.42. The molecule has 1 aromatic carbocycles. The van der Waals surface area contributed by atoms with Gasteiger partial charge in [-0.05, 0) is 31.2 Å². The zero-order valence-corrected chi connectivity index (χ0v) is 19.8. The van der Waals surface area contributed by atoms with Crippen molar-refractivity contribution in [1.29, 1.82) is 0 Å². The largest absolute Gasteiger partial charge is 0.467 e. The summed E-state index contributed by atoms with van der Waals surface area (Å²) in [5, 5.41) is 13.9. The highest BCUT2D eigenvalue weighted by atomic mass is 32.2. The molecule has 12 heteroatoms. The molecule has 0 saturated carbocycles. The van der Waals surface area contributed by atoms with E-state index in [1.165, 1.54) is 18.0 Å². The van der Waals surface area contributed by atoms with Crippen LogP contribution >= 0.6 is 11.8 Å². The number of hydrogen-bond acceptors (Lipinski definition) is 9. The molecule has 0 aliphatic carbocycles. The molecule has 4 unspecified atom stereocenters. The molecule has 184 valence electrons. The Balaban J connectivity index is 1.35. The number of rotatable bonds is 7. The zero-order valence-electron chi connectivity index (χ0n) is 18.9. The standard InChI is InChI=1S/C23H26N6O5S/c1-2-33-21(31)17-15(25-22(32)26-18(17)16-9-6-10-34-16)12-35-23-27-19-14(20(30)28-23)11-24-29(19)13-7-4-3-5-8-13/h3-10,14,18-19,23-24,27H,2,11-12H2,1H3,(H,28,30)(H2,25,26,32). The average Bonchev–Trinajstić information content (AvgIpc) is 3.54. The number of fused-ring (bicyclic) bond motifs is 1. The summed E-state index contributed by atoms with van der Waals surface area (Å²) in [6.07, 6.45) is 1.23. The molecule has 0 spiro atoms. The number of furan rings is 1. The van der Waals surface area contributed by atoms with Gasteiger partial charge in [-0.2, -0.15) is 0 Å². The van der Waals surface area contributed by atoms with E-state index in [4.69, 9.17) is 9.15 Å². The minimum atomic E-state index is -0.778. The first-order valence-electron chi connectivity index (χ1n) is 11.3. The Hall–Kier alpha value is -3.48. The number of hydrazine groups is 1. The molecule has 1 aromatic heterocycles. The fourth-order valence-corrected chi connectivity index (χ4v) is 5.39. The Morgan fingerprint density at radius 3 is 2.74 bits per heavy atom. The van der Waals surface area contributed by atoms with E-state index in [0.29, 0.717) is 18.0 Å². The number of esters is 1. The van der Waals surface area contributed by atoms with Crippen LogP contribution in [0.15, 0.2) is 64.4 Å². The number of hydrogen-bond donors (Lipinski definition) is 5. The van der Waals surface area contributed by atoms with Crippen LogP contribution in [0.1, 0.15) is 18.7 Å². The van der Waals surface area contributed by atoms with E-state index in [1.54, 1.807) is 19.1 Å². The summed E-state index contributed by atoms with van der Waals surface area (Å²) >= 11 is 1.36. The molecule has 11 nitrogen and oxygen atoms in total. The summed E-state index contributed by atoms with van der Waals surface area (Å²) in [5.74, 6) is -0.212. The van der Waals surface area contributed by atoms with Crippen molar-refractivity contribution in [3.8, 4) is 0 Å². The van der Waals surface area contributed by atoms with Crippen LogP contribution in [-0.2, 0) is 14.3 Å². The molecule has 0 radical (unpaired) electrons. The lowest BCUT2D eigenvalue weighted by atomic mass is 10.0. The first-order valence-corrected chi connectivity index (χ1v) is 12.4. The zero-order chi connectivity index (χ0) is 24.4. The number of ether oxygens (including phenoxy) is 1. The number of nitrogens with one attached hydrogen (secondary N) is 5. The average molecular weight is 499 g/mol. The number of amides is 3. The summed E-state index contributed by atoms with van der Waals surface area (Å²) in [7, 11) is 0. The van der Waals surface area contributed by atoms with Crippen LogP contribution in [0.4, 0.5) is 10.5 Å². The van der Waals surface area contributed by atoms with Crippen molar-refractivity contribution in [2.75, 3.05) is 23.9 Å². The topological polar surface area (TPSA) is 137 Å². The van der Waals surface area contributed by atoms with Gasteiger partial charge in [0.15, 0.2) is 0 Å². The number of benzene rings is 1. The molecule has 5 N–H and O–H groups in total. The fourth-order valence-electron chi connectivity index (χ4n) is 4.39. The van der Waals surface area contributed by atoms with Gasteiger partial charge in [0.25, 0.3) is 0 Å². The van der Waals surface area contributed by atoms with Crippen LogP contribution in [0, 0.1) is 5.92 Å². The molecule has 35 heavy (non-hydrogen) atoms. The van der Waals surface area contributed by atoms with E-state index in [-0.39, 0.29) is 35.9 Å². The van der Waals surface area contributed by atoms with Crippen molar-refractivity contribution >= 4 is 35.4 Å². The normalized spacial score (nSPS) is 26.0. The molecule has 3 aliphatic heterocycles. The van der Waals surface area contributed by atoms with Crippen LogP contribution < -0.4 is 31.7 Å². The molecule has 2 aromatic rings. The third-order valence-corrected chi connectivity index (χ3v) is 7.02. The minimum Gasteiger partial charge on any atom is -0.467 e. The van der Waals surface area contributed by atoms with Crippen LogP contribution in [0.5, 0.6) is 0 Å². The molecule has 4 atom stereocenters. The highest BCUT2D eigenvalue weighted by Crippen LogP contribution is 2.31. The summed E-state index contributed by atoms with van der Waals surface area (Å²) in [4.78, 5) is 38.1. The Kier molecular flexibility index (Phi) is 6.66. The van der Waals surface area contributed by atoms with E-state index in [9.17, 15) is 14.4 Å². The Morgan fingerprint density at radius 2 is 2.00 bits per heavy atom. The lowest BCUT2D eigenvalue weighted by Gasteiger charge is -2.37. The van der Waals surface area contributed by atoms with Crippen molar-refractivity contribution in [2.45, 2.75) is 24.6 Å². The van der Waals surface area contributed by atoms with Crippen molar-refractivity contribution < 1.29 is 23.5 Å². The number of carbonyl (C=O) groups excluding carboxylic acids is 3. The monoisotopic (exact) mass is 498 g/mol. The number of urea groups is 1. The molecule has 0 bridgehead atoms. The molecule has 4 heterocycles. The second-order valence-electron chi connectivity index (χ2n) is 8.15. The van der Waals surface area contributed by atoms with Crippen LogP contribution in [0.25, 0.3) is 0 Å². The van der Waals surface area contributed by atoms with Gasteiger partial charge >= 0.3 is 12.0 Å². The predicted molar refractivity (Wildman–Crippen MR) is 129 cm³/mol. The minimum absolute atomic E-state index is 0.0698. The molecular weight excluding hydrogens is 472 g/mol. The van der Waals surface area contributed by atoms with E-state index in [2.05, 4.69) is 26.7 Å². The van der Waals surface area contributed by atoms with Gasteiger partial charge in [-0.25, -0.2) is 15.0 Å². The maximum atomic E-state index is 12.9. The van der Waals surface area contributed by atoms with E-state index >= 15 is 0 Å². The van der Waals surface area contributed by atoms with Crippen molar-refractivity contribution in [3.63, 3.8) is 0 Å². The molecular formula is C23H26N6O5S. The number of para-hydroxylation sites is 1. The van der Waals surface area contributed by atoms with Gasteiger partial charge in [0, 0.05) is 18.0 Å². The Labute approximate surface area is 206 Å². The molecule has 3 amide bonds. The first kappa shape index (κ1) is 23.3. The van der Waals surface area contributed by atoms with Crippen molar-refractivity contribution in [1.82, 2.24) is 26.7 Å². The number of carbonyl (C=O) groups is 3. The number of anilines is 1. The third kappa shape index (κ3) is 4.72. The van der Waals surface area contributed by atoms with Gasteiger partial charge in [0.2, 0.25) is 5.91 Å². The van der Waals surface area contributed by atoms with Crippen LogP contribution in [0.2, 0.25) is 0 Å². The quantitative estimate of drug-likeness (QED) is 0.356. The third-order valence-electron chi connectivity index (χ3n) is 5.98. The van der Waals surface area contributed by atoms with E-state index < -0.39 is 23.5 Å².